The van der Waals surface area contributed by atoms with E-state index >= 15 is 0 Å². The first-order chi connectivity index (χ1) is 9.52. The number of phenolic OH excluding ortho intramolecular Hbond substituents is 1. The number of aryl methyl sites for hydroxylation is 2. The van der Waals surface area contributed by atoms with Crippen LogP contribution in [0.3, 0.4) is 0 Å². The van der Waals surface area contributed by atoms with Gasteiger partial charge in [0.25, 0.3) is 5.91 Å². The number of nitrogens with one attached hydrogen (secondary N) is 1. The summed E-state index contributed by atoms with van der Waals surface area (Å²) in [6.45, 7) is 3.88. The first kappa shape index (κ1) is 12.7. The number of fused-ring (bicyclic) bond motifs is 1. The molecule has 0 atom stereocenters. The van der Waals surface area contributed by atoms with Crippen LogP contribution in [0.5, 0.6) is 5.75 Å². The summed E-state index contributed by atoms with van der Waals surface area (Å²) < 4.78 is 1.82. The maximum Gasteiger partial charge on any atom is 0.276 e. The molecule has 0 aliphatic rings. The number of amides is 1. The molecule has 0 saturated heterocycles. The number of carbonyl (C=O) groups excluding carboxylic acids is 1. The molecule has 0 aliphatic heterocycles. The number of rotatable bonds is 2. The molecule has 0 aliphatic carbocycles. The maximum absolute atomic E-state index is 12.1. The van der Waals surface area contributed by atoms with Crippen molar-refractivity contribution in [3.8, 4) is 5.75 Å². The summed E-state index contributed by atoms with van der Waals surface area (Å²) >= 11 is 1.52. The fraction of sp³-hybridized carbons (Fsp3) is 0.143. The minimum atomic E-state index is -0.334. The summed E-state index contributed by atoms with van der Waals surface area (Å²) in [6, 6.07) is 5.05. The summed E-state index contributed by atoms with van der Waals surface area (Å²) in [5.41, 5.74) is 1.68. The van der Waals surface area contributed by atoms with Gasteiger partial charge < -0.3 is 10.4 Å². The van der Waals surface area contributed by atoms with Gasteiger partial charge in [-0.25, -0.2) is 4.98 Å². The molecule has 3 aromatic rings. The highest BCUT2D eigenvalue weighted by molar-refractivity contribution is 7.17. The lowest BCUT2D eigenvalue weighted by molar-refractivity contribution is 0.102. The minimum absolute atomic E-state index is 0.0424. The van der Waals surface area contributed by atoms with Crippen molar-refractivity contribution in [1.29, 1.82) is 0 Å². The van der Waals surface area contributed by atoms with Crippen LogP contribution < -0.4 is 5.32 Å². The van der Waals surface area contributed by atoms with Crippen molar-refractivity contribution in [2.45, 2.75) is 13.8 Å². The van der Waals surface area contributed by atoms with Crippen LogP contribution in [-0.4, -0.2) is 20.4 Å². The fourth-order valence-corrected chi connectivity index (χ4v) is 2.77. The number of thiazole rings is 1. The highest BCUT2D eigenvalue weighted by Gasteiger charge is 2.14. The van der Waals surface area contributed by atoms with E-state index in [9.17, 15) is 9.90 Å². The van der Waals surface area contributed by atoms with E-state index in [4.69, 9.17) is 0 Å². The molecular formula is C14H13N3O2S. The zero-order valence-corrected chi connectivity index (χ0v) is 11.9. The number of aromatic nitrogens is 2. The molecule has 0 fully saturated rings. The van der Waals surface area contributed by atoms with Crippen molar-refractivity contribution in [2.75, 3.05) is 5.32 Å². The van der Waals surface area contributed by atoms with E-state index < -0.39 is 0 Å². The Morgan fingerprint density at radius 3 is 2.90 bits per heavy atom. The fourth-order valence-electron chi connectivity index (χ4n) is 1.96. The molecule has 2 aromatic heterocycles. The number of nitrogens with zero attached hydrogens (tertiary/aromatic N) is 2. The predicted octanol–water partition coefficient (Wildman–Crippen LogP) is 2.97. The Bertz CT molecular complexity index is 772. The molecule has 2 heterocycles. The number of phenols is 1. The van der Waals surface area contributed by atoms with Crippen LogP contribution in [0.2, 0.25) is 0 Å². The standard InChI is InChI=1S/C14H13N3O2S/c1-8-3-4-12(18)10(5-8)15-13(19)11-7-17-6-9(2)20-14(17)16-11/h3-7,18H,1-2H3,(H,15,19). The molecule has 6 heteroatoms. The molecule has 0 bridgehead atoms. The van der Waals surface area contributed by atoms with Crippen molar-refractivity contribution in [3.05, 3.63) is 46.7 Å². The molecule has 0 saturated carbocycles. The smallest absolute Gasteiger partial charge is 0.276 e. The van der Waals surface area contributed by atoms with E-state index in [0.29, 0.717) is 11.4 Å². The van der Waals surface area contributed by atoms with Crippen molar-refractivity contribution < 1.29 is 9.90 Å². The van der Waals surface area contributed by atoms with E-state index in [1.165, 1.54) is 11.3 Å². The minimum Gasteiger partial charge on any atom is -0.506 e. The van der Waals surface area contributed by atoms with Crippen molar-refractivity contribution in [1.82, 2.24) is 9.38 Å². The van der Waals surface area contributed by atoms with Crippen LogP contribution in [0.15, 0.2) is 30.6 Å². The first-order valence-corrected chi connectivity index (χ1v) is 6.91. The summed E-state index contributed by atoms with van der Waals surface area (Å²) in [5, 5.41) is 12.4. The molecule has 5 nitrogen and oxygen atoms in total. The van der Waals surface area contributed by atoms with Gasteiger partial charge in [-0.05, 0) is 31.5 Å². The Morgan fingerprint density at radius 2 is 2.15 bits per heavy atom. The Balaban J connectivity index is 1.88. The van der Waals surface area contributed by atoms with Gasteiger partial charge >= 0.3 is 0 Å². The lowest BCUT2D eigenvalue weighted by atomic mass is 10.2. The van der Waals surface area contributed by atoms with E-state index in [1.54, 1.807) is 24.4 Å². The molecule has 0 spiro atoms. The van der Waals surface area contributed by atoms with Gasteiger partial charge in [0.2, 0.25) is 0 Å². The summed E-state index contributed by atoms with van der Waals surface area (Å²) in [4.78, 5) is 18.3. The van der Waals surface area contributed by atoms with Gasteiger partial charge in [-0.1, -0.05) is 6.07 Å². The first-order valence-electron chi connectivity index (χ1n) is 6.09. The second kappa shape index (κ2) is 4.64. The van der Waals surface area contributed by atoms with Crippen LogP contribution in [0, 0.1) is 13.8 Å². The Kier molecular flexibility index (Phi) is 2.94. The highest BCUT2D eigenvalue weighted by atomic mass is 32.1. The zero-order valence-electron chi connectivity index (χ0n) is 11.0. The molecule has 0 radical (unpaired) electrons. The normalized spacial score (nSPS) is 10.9. The van der Waals surface area contributed by atoms with Gasteiger partial charge in [0.1, 0.15) is 11.4 Å². The van der Waals surface area contributed by atoms with Crippen LogP contribution in [0.25, 0.3) is 4.96 Å². The van der Waals surface area contributed by atoms with Crippen molar-refractivity contribution in [3.63, 3.8) is 0 Å². The second-order valence-electron chi connectivity index (χ2n) is 4.63. The van der Waals surface area contributed by atoms with Crippen LogP contribution in [0.4, 0.5) is 5.69 Å². The largest absolute Gasteiger partial charge is 0.506 e. The number of carbonyl (C=O) groups is 1. The van der Waals surface area contributed by atoms with Gasteiger partial charge in [-0.2, -0.15) is 0 Å². The van der Waals surface area contributed by atoms with Gasteiger partial charge in [0.05, 0.1) is 5.69 Å². The third-order valence-corrected chi connectivity index (χ3v) is 3.82. The topological polar surface area (TPSA) is 66.6 Å². The monoisotopic (exact) mass is 287 g/mol. The number of imidazole rings is 1. The number of aromatic hydroxyl groups is 1. The van der Waals surface area contributed by atoms with Gasteiger partial charge in [0.15, 0.2) is 4.96 Å². The van der Waals surface area contributed by atoms with Gasteiger partial charge in [-0.15, -0.1) is 11.3 Å². The molecule has 0 unspecified atom stereocenters. The number of hydrogen-bond acceptors (Lipinski definition) is 4. The quantitative estimate of drug-likeness (QED) is 0.712. The molecule has 1 aromatic carbocycles. The predicted molar refractivity (Wildman–Crippen MR) is 78.6 cm³/mol. The van der Waals surface area contributed by atoms with E-state index in [2.05, 4.69) is 10.3 Å². The zero-order chi connectivity index (χ0) is 14.3. The SMILES string of the molecule is Cc1ccc(O)c(NC(=O)c2cn3cc(C)sc3n2)c1. The highest BCUT2D eigenvalue weighted by Crippen LogP contribution is 2.24. The van der Waals surface area contributed by atoms with E-state index in [1.807, 2.05) is 24.4 Å². The molecular weight excluding hydrogens is 274 g/mol. The van der Waals surface area contributed by atoms with Gasteiger partial charge in [-0.3, -0.25) is 9.20 Å². The third kappa shape index (κ3) is 2.25. The van der Waals surface area contributed by atoms with E-state index in [0.717, 1.165) is 15.4 Å². The molecule has 1 amide bonds. The van der Waals surface area contributed by atoms with E-state index in [-0.39, 0.29) is 11.7 Å². The van der Waals surface area contributed by atoms with Crippen LogP contribution in [0.1, 0.15) is 20.9 Å². The van der Waals surface area contributed by atoms with Gasteiger partial charge in [0, 0.05) is 17.3 Å². The average Bonchev–Trinajstić information content (AvgIpc) is 2.91. The third-order valence-electron chi connectivity index (χ3n) is 2.90. The maximum atomic E-state index is 12.1. The lowest BCUT2D eigenvalue weighted by Gasteiger charge is -2.06. The molecule has 3 rings (SSSR count). The van der Waals surface area contributed by atoms with Crippen LogP contribution >= 0.6 is 11.3 Å². The summed E-state index contributed by atoms with van der Waals surface area (Å²) in [5.74, 6) is -0.291. The molecule has 102 valence electrons. The lowest BCUT2D eigenvalue weighted by Crippen LogP contribution is -2.12. The number of benzene rings is 1. The average molecular weight is 287 g/mol. The summed E-state index contributed by atoms with van der Waals surface area (Å²) in [6.07, 6.45) is 3.61. The van der Waals surface area contributed by atoms with Crippen molar-refractivity contribution in [2.24, 2.45) is 0 Å². The number of anilines is 1. The Labute approximate surface area is 119 Å². The van der Waals surface area contributed by atoms with Crippen molar-refractivity contribution >= 4 is 27.9 Å². The molecule has 2 N–H and O–H groups in total. The molecule has 20 heavy (non-hydrogen) atoms. The summed E-state index contributed by atoms with van der Waals surface area (Å²) in [7, 11) is 0. The Morgan fingerprint density at radius 1 is 1.35 bits per heavy atom. The van der Waals surface area contributed by atoms with Crippen LogP contribution in [-0.2, 0) is 0 Å². The number of hydrogen-bond donors (Lipinski definition) is 2. The Hall–Kier alpha value is -2.34. The second-order valence-corrected chi connectivity index (χ2v) is 5.85.